The van der Waals surface area contributed by atoms with Crippen molar-refractivity contribution in [1.29, 1.82) is 0 Å². The van der Waals surface area contributed by atoms with Gasteiger partial charge in [0.2, 0.25) is 0 Å². The maximum atomic E-state index is 11.8. The van der Waals surface area contributed by atoms with Gasteiger partial charge in [0.15, 0.2) is 0 Å². The Balaban J connectivity index is 1.97. The summed E-state index contributed by atoms with van der Waals surface area (Å²) in [6.07, 6.45) is 3.37. The minimum atomic E-state index is -3.37. The number of nitrogens with one attached hydrogen (secondary N) is 2. The van der Waals surface area contributed by atoms with Crippen molar-refractivity contribution in [3.8, 4) is 0 Å². The number of rotatable bonds is 4. The molecule has 1 aromatic heterocycles. The molecular weight excluding hydrogens is 230 g/mol. The lowest BCUT2D eigenvalue weighted by Crippen LogP contribution is -2.38. The highest BCUT2D eigenvalue weighted by atomic mass is 32.2. The number of aromatic amines is 1. The number of nitrogens with two attached hydrogens (primary N) is 1. The molecule has 1 saturated heterocycles. The van der Waals surface area contributed by atoms with Crippen molar-refractivity contribution in [2.24, 2.45) is 0 Å². The van der Waals surface area contributed by atoms with E-state index in [1.54, 1.807) is 0 Å². The summed E-state index contributed by atoms with van der Waals surface area (Å²) in [7, 11) is -3.37. The largest absolute Gasteiger partial charge is 0.384 e. The molecule has 4 N–H and O–H groups in total. The minimum absolute atomic E-state index is 0.168. The second-order valence-electron chi connectivity index (χ2n) is 3.74. The third-order valence-electron chi connectivity index (χ3n) is 2.60. The van der Waals surface area contributed by atoms with Crippen LogP contribution in [0.4, 0.5) is 5.82 Å². The summed E-state index contributed by atoms with van der Waals surface area (Å²) >= 11 is 0. The molecule has 0 spiro atoms. The van der Waals surface area contributed by atoms with E-state index >= 15 is 0 Å². The minimum Gasteiger partial charge on any atom is -0.384 e. The monoisotopic (exact) mass is 245 g/mol. The van der Waals surface area contributed by atoms with Gasteiger partial charge in [-0.05, 0) is 12.8 Å². The average Bonchev–Trinajstić information content (AvgIpc) is 2.85. The Kier molecular flexibility index (Phi) is 3.13. The molecule has 0 radical (unpaired) electrons. The summed E-state index contributed by atoms with van der Waals surface area (Å²) in [5.74, 6) is 0.393. The number of hydrogen-bond acceptors (Lipinski definition) is 4. The number of H-pyrrole nitrogens is 1. The molecule has 0 amide bonds. The Morgan fingerprint density at radius 1 is 1.50 bits per heavy atom. The van der Waals surface area contributed by atoms with Gasteiger partial charge in [-0.15, -0.1) is 0 Å². The summed E-state index contributed by atoms with van der Waals surface area (Å²) in [5.41, 5.74) is 6.21. The lowest BCUT2D eigenvalue weighted by Gasteiger charge is -2.15. The second kappa shape index (κ2) is 4.40. The zero-order chi connectivity index (χ0) is 11.6. The predicted molar refractivity (Wildman–Crippen MR) is 59.6 cm³/mol. The molecule has 0 aromatic carbocycles. The van der Waals surface area contributed by atoms with Gasteiger partial charge in [-0.2, -0.15) is 22.5 Å². The molecule has 1 fully saturated rings. The highest BCUT2D eigenvalue weighted by Gasteiger charge is 2.24. The van der Waals surface area contributed by atoms with Crippen LogP contribution < -0.4 is 10.5 Å². The fourth-order valence-corrected chi connectivity index (χ4v) is 2.91. The molecule has 0 unspecified atom stereocenters. The van der Waals surface area contributed by atoms with Crippen LogP contribution in [0, 0.1) is 0 Å². The Morgan fingerprint density at radius 3 is 2.75 bits per heavy atom. The van der Waals surface area contributed by atoms with Crippen molar-refractivity contribution < 1.29 is 8.42 Å². The molecule has 0 aliphatic carbocycles. The summed E-state index contributed by atoms with van der Waals surface area (Å²) in [6.45, 7) is 1.35. The van der Waals surface area contributed by atoms with Crippen LogP contribution in [-0.2, 0) is 16.8 Å². The number of nitrogens with zero attached hydrogens (tertiary/aromatic N) is 2. The van der Waals surface area contributed by atoms with Gasteiger partial charge >= 0.3 is 0 Å². The van der Waals surface area contributed by atoms with E-state index in [0.29, 0.717) is 24.5 Å². The van der Waals surface area contributed by atoms with Crippen LogP contribution in [0.25, 0.3) is 0 Å². The molecule has 0 atom stereocenters. The Morgan fingerprint density at radius 2 is 2.19 bits per heavy atom. The van der Waals surface area contributed by atoms with Crippen molar-refractivity contribution in [3.63, 3.8) is 0 Å². The lowest BCUT2D eigenvalue weighted by molar-refractivity contribution is 0.465. The second-order valence-corrected chi connectivity index (χ2v) is 5.50. The third kappa shape index (κ3) is 2.34. The van der Waals surface area contributed by atoms with Crippen LogP contribution in [0.1, 0.15) is 18.4 Å². The Bertz CT molecular complexity index is 449. The molecule has 8 heteroatoms. The predicted octanol–water partition coefficient (Wildman–Crippen LogP) is -0.578. The molecule has 7 nitrogen and oxygen atoms in total. The van der Waals surface area contributed by atoms with Crippen molar-refractivity contribution in [2.45, 2.75) is 19.4 Å². The van der Waals surface area contributed by atoms with Crippen LogP contribution in [-0.4, -0.2) is 36.0 Å². The molecule has 0 bridgehead atoms. The molecule has 16 heavy (non-hydrogen) atoms. The van der Waals surface area contributed by atoms with Gasteiger partial charge in [-0.3, -0.25) is 5.10 Å². The van der Waals surface area contributed by atoms with Gasteiger partial charge in [0, 0.05) is 25.2 Å². The van der Waals surface area contributed by atoms with E-state index in [0.717, 1.165) is 12.8 Å². The van der Waals surface area contributed by atoms with Crippen LogP contribution >= 0.6 is 0 Å². The molecule has 1 aliphatic rings. The van der Waals surface area contributed by atoms with Crippen LogP contribution in [0.5, 0.6) is 0 Å². The van der Waals surface area contributed by atoms with E-state index in [1.807, 2.05) is 0 Å². The highest BCUT2D eigenvalue weighted by molar-refractivity contribution is 7.87. The Labute approximate surface area is 94.2 Å². The number of nitrogen functional groups attached to an aromatic ring is 1. The van der Waals surface area contributed by atoms with Crippen LogP contribution in [0.15, 0.2) is 6.20 Å². The van der Waals surface area contributed by atoms with Gasteiger partial charge in [0.1, 0.15) is 5.82 Å². The van der Waals surface area contributed by atoms with Gasteiger partial charge in [0.25, 0.3) is 10.2 Å². The molecule has 2 heterocycles. The van der Waals surface area contributed by atoms with Crippen LogP contribution in [0.2, 0.25) is 0 Å². The lowest BCUT2D eigenvalue weighted by atomic mass is 10.3. The van der Waals surface area contributed by atoms with E-state index in [1.165, 1.54) is 10.5 Å². The van der Waals surface area contributed by atoms with Gasteiger partial charge < -0.3 is 5.73 Å². The van der Waals surface area contributed by atoms with E-state index in [4.69, 9.17) is 5.73 Å². The average molecular weight is 245 g/mol. The summed E-state index contributed by atoms with van der Waals surface area (Å²) < 4.78 is 27.5. The SMILES string of the molecule is Nc1[nH]ncc1CNS(=O)(=O)N1CCCC1. The number of aromatic nitrogens is 2. The van der Waals surface area contributed by atoms with Crippen molar-refractivity contribution >= 4 is 16.0 Å². The normalized spacial score (nSPS) is 18.0. The first-order chi connectivity index (χ1) is 7.59. The summed E-state index contributed by atoms with van der Waals surface area (Å²) in [6, 6.07) is 0. The third-order valence-corrected chi connectivity index (χ3v) is 4.16. The van der Waals surface area contributed by atoms with Gasteiger partial charge in [0.05, 0.1) is 6.20 Å². The number of anilines is 1. The fourth-order valence-electron chi connectivity index (χ4n) is 1.65. The standard InChI is InChI=1S/C8H15N5O2S/c9-8-7(5-10-12-8)6-11-16(14,15)13-3-1-2-4-13/h5,11H,1-4,6H2,(H3,9,10,12). The summed E-state index contributed by atoms with van der Waals surface area (Å²) in [5, 5.41) is 6.28. The van der Waals surface area contributed by atoms with E-state index in [2.05, 4.69) is 14.9 Å². The topological polar surface area (TPSA) is 104 Å². The van der Waals surface area contributed by atoms with Crippen molar-refractivity contribution in [3.05, 3.63) is 11.8 Å². The van der Waals surface area contributed by atoms with Gasteiger partial charge in [-0.1, -0.05) is 0 Å². The first-order valence-corrected chi connectivity index (χ1v) is 6.56. The van der Waals surface area contributed by atoms with Gasteiger partial charge in [-0.25, -0.2) is 0 Å². The molecule has 1 aliphatic heterocycles. The molecular formula is C8H15N5O2S. The maximum absolute atomic E-state index is 11.8. The van der Waals surface area contributed by atoms with Crippen LogP contribution in [0.3, 0.4) is 0 Å². The van der Waals surface area contributed by atoms with E-state index in [9.17, 15) is 8.42 Å². The first kappa shape index (κ1) is 11.4. The van der Waals surface area contributed by atoms with E-state index in [-0.39, 0.29) is 6.54 Å². The maximum Gasteiger partial charge on any atom is 0.279 e. The zero-order valence-corrected chi connectivity index (χ0v) is 9.63. The zero-order valence-electron chi connectivity index (χ0n) is 8.81. The quantitative estimate of drug-likeness (QED) is 0.660. The van der Waals surface area contributed by atoms with E-state index < -0.39 is 10.2 Å². The highest BCUT2D eigenvalue weighted by Crippen LogP contribution is 2.12. The molecule has 2 rings (SSSR count). The first-order valence-electron chi connectivity index (χ1n) is 5.12. The molecule has 90 valence electrons. The number of hydrogen-bond donors (Lipinski definition) is 3. The van der Waals surface area contributed by atoms with Crippen molar-refractivity contribution in [1.82, 2.24) is 19.2 Å². The molecule has 0 saturated carbocycles. The smallest absolute Gasteiger partial charge is 0.279 e. The summed E-state index contributed by atoms with van der Waals surface area (Å²) in [4.78, 5) is 0. The van der Waals surface area contributed by atoms with Crippen molar-refractivity contribution in [2.75, 3.05) is 18.8 Å². The molecule has 1 aromatic rings. The fraction of sp³-hybridized carbons (Fsp3) is 0.625. The Hall–Kier alpha value is -1.12.